The zero-order valence-electron chi connectivity index (χ0n) is 16.4. The summed E-state index contributed by atoms with van der Waals surface area (Å²) in [6.45, 7) is 5.35. The van der Waals surface area contributed by atoms with Crippen molar-refractivity contribution in [3.8, 4) is 0 Å². The van der Waals surface area contributed by atoms with E-state index in [0.717, 1.165) is 25.7 Å². The molecule has 0 radical (unpaired) electrons. The summed E-state index contributed by atoms with van der Waals surface area (Å²) < 4.78 is 5.54. The third-order valence-corrected chi connectivity index (χ3v) is 4.70. The van der Waals surface area contributed by atoms with Crippen molar-refractivity contribution in [2.24, 2.45) is 5.92 Å². The summed E-state index contributed by atoms with van der Waals surface area (Å²) in [5.74, 6) is 0.517. The van der Waals surface area contributed by atoms with E-state index in [-0.39, 0.29) is 12.6 Å². The Labute approximate surface area is 150 Å². The molecular weight excluding hydrogens is 300 g/mol. The van der Waals surface area contributed by atoms with E-state index in [1.807, 2.05) is 0 Å². The first kappa shape index (κ1) is 23.4. The van der Waals surface area contributed by atoms with Gasteiger partial charge in [-0.15, -0.1) is 0 Å². The number of unbranched alkanes of at least 4 members (excludes halogenated alkanes) is 9. The summed E-state index contributed by atoms with van der Waals surface area (Å²) in [4.78, 5) is 11.9. The van der Waals surface area contributed by atoms with Gasteiger partial charge in [0.25, 0.3) is 0 Å². The van der Waals surface area contributed by atoms with Crippen LogP contribution in [-0.2, 0) is 9.53 Å². The van der Waals surface area contributed by atoms with E-state index in [1.54, 1.807) is 0 Å². The summed E-state index contributed by atoms with van der Waals surface area (Å²) in [5, 5.41) is 8.74. The molecule has 0 aliphatic carbocycles. The fraction of sp³-hybridized carbons (Fsp3) is 0.952. The smallest absolute Gasteiger partial charge is 0.305 e. The summed E-state index contributed by atoms with van der Waals surface area (Å²) in [5.41, 5.74) is 0. The first-order chi connectivity index (χ1) is 11.7. The summed E-state index contributed by atoms with van der Waals surface area (Å²) in [6, 6.07) is 0. The average molecular weight is 343 g/mol. The van der Waals surface area contributed by atoms with Crippen LogP contribution in [0.2, 0.25) is 0 Å². The first-order valence-corrected chi connectivity index (χ1v) is 10.5. The number of hydrogen-bond acceptors (Lipinski definition) is 3. The number of esters is 1. The third-order valence-electron chi connectivity index (χ3n) is 4.70. The Hall–Kier alpha value is -0.570. The predicted octanol–water partition coefficient (Wildman–Crippen LogP) is 6.03. The van der Waals surface area contributed by atoms with Crippen LogP contribution in [0, 0.1) is 5.92 Å². The monoisotopic (exact) mass is 342 g/mol. The molecule has 0 saturated carbocycles. The SMILES string of the molecule is CCCCCCC(CCCCCC)COC(=O)CCCCCCO. The molecular formula is C21H42O3. The second-order valence-electron chi connectivity index (χ2n) is 7.14. The van der Waals surface area contributed by atoms with E-state index in [1.165, 1.54) is 64.2 Å². The van der Waals surface area contributed by atoms with E-state index in [4.69, 9.17) is 9.84 Å². The van der Waals surface area contributed by atoms with Crippen molar-refractivity contribution in [1.82, 2.24) is 0 Å². The molecule has 0 fully saturated rings. The van der Waals surface area contributed by atoms with E-state index in [0.29, 0.717) is 18.9 Å². The molecule has 0 atom stereocenters. The zero-order chi connectivity index (χ0) is 17.9. The van der Waals surface area contributed by atoms with Gasteiger partial charge in [0.05, 0.1) is 6.61 Å². The van der Waals surface area contributed by atoms with Gasteiger partial charge in [-0.05, 0) is 31.6 Å². The zero-order valence-corrected chi connectivity index (χ0v) is 16.4. The Morgan fingerprint density at radius 2 is 1.33 bits per heavy atom. The van der Waals surface area contributed by atoms with Gasteiger partial charge < -0.3 is 9.84 Å². The average Bonchev–Trinajstić information content (AvgIpc) is 2.59. The van der Waals surface area contributed by atoms with Crippen LogP contribution in [0.4, 0.5) is 0 Å². The number of hydrogen-bond donors (Lipinski definition) is 1. The van der Waals surface area contributed by atoms with Crippen LogP contribution in [0.25, 0.3) is 0 Å². The highest BCUT2D eigenvalue weighted by molar-refractivity contribution is 5.69. The molecule has 0 bridgehead atoms. The van der Waals surface area contributed by atoms with Crippen LogP contribution in [0.5, 0.6) is 0 Å². The Balaban J connectivity index is 3.87. The largest absolute Gasteiger partial charge is 0.465 e. The summed E-state index contributed by atoms with van der Waals surface area (Å²) >= 11 is 0. The number of carbonyl (C=O) groups is 1. The molecule has 0 aliphatic heterocycles. The maximum absolute atomic E-state index is 11.9. The number of ether oxygens (including phenoxy) is 1. The minimum atomic E-state index is -0.0360. The van der Waals surface area contributed by atoms with Crippen LogP contribution in [0.15, 0.2) is 0 Å². The number of aliphatic hydroxyl groups excluding tert-OH is 1. The molecule has 0 aromatic heterocycles. The van der Waals surface area contributed by atoms with Crippen molar-refractivity contribution in [1.29, 1.82) is 0 Å². The van der Waals surface area contributed by atoms with E-state index >= 15 is 0 Å². The van der Waals surface area contributed by atoms with Gasteiger partial charge in [0.1, 0.15) is 0 Å². The van der Waals surface area contributed by atoms with Crippen molar-refractivity contribution >= 4 is 5.97 Å². The molecule has 144 valence electrons. The second kappa shape index (κ2) is 18.8. The fourth-order valence-corrected chi connectivity index (χ4v) is 3.05. The van der Waals surface area contributed by atoms with Crippen LogP contribution in [-0.4, -0.2) is 24.3 Å². The Morgan fingerprint density at radius 1 is 0.792 bits per heavy atom. The van der Waals surface area contributed by atoms with E-state index < -0.39 is 0 Å². The number of carbonyl (C=O) groups excluding carboxylic acids is 1. The van der Waals surface area contributed by atoms with Crippen LogP contribution in [0.1, 0.15) is 110 Å². The predicted molar refractivity (Wildman–Crippen MR) is 102 cm³/mol. The van der Waals surface area contributed by atoms with Crippen molar-refractivity contribution in [3.05, 3.63) is 0 Å². The van der Waals surface area contributed by atoms with Gasteiger partial charge in [-0.3, -0.25) is 4.79 Å². The molecule has 0 amide bonds. The molecule has 3 nitrogen and oxygen atoms in total. The molecule has 0 aromatic rings. The van der Waals surface area contributed by atoms with Crippen LogP contribution >= 0.6 is 0 Å². The molecule has 0 unspecified atom stereocenters. The van der Waals surface area contributed by atoms with E-state index in [2.05, 4.69) is 13.8 Å². The molecule has 0 aliphatic rings. The fourth-order valence-electron chi connectivity index (χ4n) is 3.05. The standard InChI is InChI=1S/C21H42O3/c1-3-5-7-11-15-20(16-12-8-6-4-2)19-24-21(23)17-13-9-10-14-18-22/h20,22H,3-19H2,1-2H3. The Bertz CT molecular complexity index is 254. The molecule has 0 rings (SSSR count). The van der Waals surface area contributed by atoms with Crippen molar-refractivity contribution in [2.75, 3.05) is 13.2 Å². The van der Waals surface area contributed by atoms with Gasteiger partial charge in [0, 0.05) is 13.0 Å². The highest BCUT2D eigenvalue weighted by atomic mass is 16.5. The minimum absolute atomic E-state index is 0.0360. The maximum atomic E-state index is 11.9. The van der Waals surface area contributed by atoms with Gasteiger partial charge in [-0.1, -0.05) is 78.1 Å². The lowest BCUT2D eigenvalue weighted by Crippen LogP contribution is -2.14. The Morgan fingerprint density at radius 3 is 1.88 bits per heavy atom. The van der Waals surface area contributed by atoms with Crippen molar-refractivity contribution in [2.45, 2.75) is 110 Å². The van der Waals surface area contributed by atoms with Gasteiger partial charge >= 0.3 is 5.97 Å². The Kier molecular flexibility index (Phi) is 18.3. The highest BCUT2D eigenvalue weighted by Gasteiger charge is 2.12. The number of aliphatic hydroxyl groups is 1. The lowest BCUT2D eigenvalue weighted by atomic mass is 9.95. The molecule has 0 saturated heterocycles. The van der Waals surface area contributed by atoms with Gasteiger partial charge in [0.2, 0.25) is 0 Å². The highest BCUT2D eigenvalue weighted by Crippen LogP contribution is 2.19. The topological polar surface area (TPSA) is 46.5 Å². The number of rotatable bonds is 18. The second-order valence-corrected chi connectivity index (χ2v) is 7.14. The lowest BCUT2D eigenvalue weighted by Gasteiger charge is -2.17. The summed E-state index contributed by atoms with van der Waals surface area (Å²) in [7, 11) is 0. The molecule has 24 heavy (non-hydrogen) atoms. The van der Waals surface area contributed by atoms with E-state index in [9.17, 15) is 4.79 Å². The van der Waals surface area contributed by atoms with Gasteiger partial charge in [-0.25, -0.2) is 0 Å². The maximum Gasteiger partial charge on any atom is 0.305 e. The quantitative estimate of drug-likeness (QED) is 0.244. The lowest BCUT2D eigenvalue weighted by molar-refractivity contribution is -0.145. The molecule has 0 aromatic carbocycles. The first-order valence-electron chi connectivity index (χ1n) is 10.5. The van der Waals surface area contributed by atoms with Crippen LogP contribution in [0.3, 0.4) is 0 Å². The molecule has 0 heterocycles. The summed E-state index contributed by atoms with van der Waals surface area (Å²) in [6.07, 6.45) is 17.0. The normalized spacial score (nSPS) is 11.2. The van der Waals surface area contributed by atoms with Gasteiger partial charge in [0.15, 0.2) is 0 Å². The molecule has 1 N–H and O–H groups in total. The van der Waals surface area contributed by atoms with Crippen molar-refractivity contribution < 1.29 is 14.6 Å². The van der Waals surface area contributed by atoms with Crippen LogP contribution < -0.4 is 0 Å². The van der Waals surface area contributed by atoms with Gasteiger partial charge in [-0.2, -0.15) is 0 Å². The minimum Gasteiger partial charge on any atom is -0.465 e. The third kappa shape index (κ3) is 16.3. The molecule has 3 heteroatoms. The van der Waals surface area contributed by atoms with Crippen molar-refractivity contribution in [3.63, 3.8) is 0 Å². The molecule has 0 spiro atoms.